The van der Waals surface area contributed by atoms with E-state index in [9.17, 15) is 15.0 Å². The first kappa shape index (κ1) is 20.3. The van der Waals surface area contributed by atoms with Crippen molar-refractivity contribution >= 4 is 11.6 Å². The predicted octanol–water partition coefficient (Wildman–Crippen LogP) is 2.37. The number of hydrogen-bond acceptors (Lipinski definition) is 5. The van der Waals surface area contributed by atoms with Crippen LogP contribution in [-0.2, 0) is 10.4 Å². The molecule has 6 nitrogen and oxygen atoms in total. The van der Waals surface area contributed by atoms with Gasteiger partial charge in [-0.25, -0.2) is 0 Å². The highest BCUT2D eigenvalue weighted by Gasteiger charge is 2.34. The van der Waals surface area contributed by atoms with Crippen LogP contribution >= 0.6 is 0 Å². The summed E-state index contributed by atoms with van der Waals surface area (Å²) in [7, 11) is 0. The highest BCUT2D eigenvalue weighted by atomic mass is 16.5. The van der Waals surface area contributed by atoms with Crippen molar-refractivity contribution in [3.05, 3.63) is 60.2 Å². The summed E-state index contributed by atoms with van der Waals surface area (Å²) in [6.45, 7) is 3.62. The number of anilines is 1. The molecule has 0 aliphatic carbocycles. The van der Waals surface area contributed by atoms with Gasteiger partial charge in [-0.1, -0.05) is 30.3 Å². The van der Waals surface area contributed by atoms with Crippen LogP contribution in [0.25, 0.3) is 0 Å². The number of β-amino-alcohol motifs (C(OH)–C–C–N with tert-alkyl or cyclic N) is 1. The number of hydrogen-bond donors (Lipinski definition) is 3. The van der Waals surface area contributed by atoms with E-state index in [1.165, 1.54) is 6.92 Å². The number of nitrogens with zero attached hydrogens (tertiary/aromatic N) is 1. The standard InChI is InChI=1S/C22H28N2O4/c1-17(25)23-19-7-9-21(10-8-19)28-16-20(26)15-24-13-11-22(27,12-14-24)18-5-3-2-4-6-18/h2-10,20,26-27H,11-16H2,1H3,(H,23,25). The molecule has 2 aromatic rings. The molecular formula is C22H28N2O4. The summed E-state index contributed by atoms with van der Waals surface area (Å²) < 4.78 is 5.64. The van der Waals surface area contributed by atoms with Gasteiger partial charge in [0.15, 0.2) is 0 Å². The molecule has 3 rings (SSSR count). The third-order valence-electron chi connectivity index (χ3n) is 5.08. The zero-order valence-electron chi connectivity index (χ0n) is 16.2. The summed E-state index contributed by atoms with van der Waals surface area (Å²) in [5.41, 5.74) is 0.885. The molecule has 1 unspecified atom stereocenters. The van der Waals surface area contributed by atoms with Crippen molar-refractivity contribution in [1.82, 2.24) is 4.90 Å². The molecule has 6 heteroatoms. The second-order valence-electron chi connectivity index (χ2n) is 7.37. The number of aliphatic hydroxyl groups is 2. The number of amides is 1. The number of ether oxygens (including phenoxy) is 1. The first-order valence-corrected chi connectivity index (χ1v) is 9.63. The summed E-state index contributed by atoms with van der Waals surface area (Å²) in [6.07, 6.45) is 0.683. The van der Waals surface area contributed by atoms with E-state index in [1.807, 2.05) is 30.3 Å². The van der Waals surface area contributed by atoms with Crippen molar-refractivity contribution in [2.75, 3.05) is 31.6 Å². The van der Waals surface area contributed by atoms with E-state index in [-0.39, 0.29) is 12.5 Å². The van der Waals surface area contributed by atoms with Crippen LogP contribution in [0, 0.1) is 0 Å². The molecule has 2 aromatic carbocycles. The molecule has 1 amide bonds. The lowest BCUT2D eigenvalue weighted by atomic mass is 9.84. The van der Waals surface area contributed by atoms with Crippen LogP contribution in [0.3, 0.4) is 0 Å². The fourth-order valence-corrected chi connectivity index (χ4v) is 3.52. The Hall–Kier alpha value is -2.41. The van der Waals surface area contributed by atoms with E-state index in [1.54, 1.807) is 24.3 Å². The minimum absolute atomic E-state index is 0.121. The van der Waals surface area contributed by atoms with Gasteiger partial charge in [0.1, 0.15) is 18.5 Å². The SMILES string of the molecule is CC(=O)Nc1ccc(OCC(O)CN2CCC(O)(c3ccccc3)CC2)cc1. The second-order valence-corrected chi connectivity index (χ2v) is 7.37. The molecule has 0 aromatic heterocycles. The smallest absolute Gasteiger partial charge is 0.221 e. The molecule has 0 spiro atoms. The third-order valence-corrected chi connectivity index (χ3v) is 5.08. The molecule has 1 aliphatic rings. The van der Waals surface area contributed by atoms with Crippen LogP contribution in [0.2, 0.25) is 0 Å². The maximum absolute atomic E-state index is 11.0. The molecule has 1 heterocycles. The molecule has 1 aliphatic heterocycles. The fourth-order valence-electron chi connectivity index (χ4n) is 3.52. The largest absolute Gasteiger partial charge is 0.491 e. The quantitative estimate of drug-likeness (QED) is 0.683. The maximum atomic E-state index is 11.0. The number of carbonyl (C=O) groups excluding carboxylic acids is 1. The lowest BCUT2D eigenvalue weighted by molar-refractivity contribution is -0.114. The van der Waals surface area contributed by atoms with E-state index in [2.05, 4.69) is 10.2 Å². The number of piperidine rings is 1. The molecule has 0 saturated carbocycles. The summed E-state index contributed by atoms with van der Waals surface area (Å²) in [5, 5.41) is 23.9. The lowest BCUT2D eigenvalue weighted by Gasteiger charge is -2.39. The molecule has 1 saturated heterocycles. The van der Waals surface area contributed by atoms with Gasteiger partial charge in [0.05, 0.1) is 5.60 Å². The van der Waals surface area contributed by atoms with Gasteiger partial charge in [-0.3, -0.25) is 4.79 Å². The van der Waals surface area contributed by atoms with Crippen LogP contribution in [0.4, 0.5) is 5.69 Å². The first-order chi connectivity index (χ1) is 13.4. The van der Waals surface area contributed by atoms with Gasteiger partial charge in [0, 0.05) is 32.2 Å². The van der Waals surface area contributed by atoms with Crippen LogP contribution < -0.4 is 10.1 Å². The minimum Gasteiger partial charge on any atom is -0.491 e. The lowest BCUT2D eigenvalue weighted by Crippen LogP contribution is -2.46. The van der Waals surface area contributed by atoms with E-state index in [0.29, 0.717) is 30.8 Å². The maximum Gasteiger partial charge on any atom is 0.221 e. The third kappa shape index (κ3) is 5.55. The van der Waals surface area contributed by atoms with Crippen molar-refractivity contribution in [2.45, 2.75) is 31.5 Å². The second kappa shape index (κ2) is 9.19. The number of nitrogens with one attached hydrogen (secondary N) is 1. The molecular weight excluding hydrogens is 356 g/mol. The predicted molar refractivity (Wildman–Crippen MR) is 108 cm³/mol. The average molecular weight is 384 g/mol. The molecule has 150 valence electrons. The normalized spacial score (nSPS) is 17.7. The Morgan fingerprint density at radius 1 is 1.14 bits per heavy atom. The summed E-state index contributed by atoms with van der Waals surface area (Å²) in [6, 6.07) is 16.8. The Morgan fingerprint density at radius 2 is 1.79 bits per heavy atom. The fraction of sp³-hybridized carbons (Fsp3) is 0.409. The van der Waals surface area contributed by atoms with Gasteiger partial charge in [-0.15, -0.1) is 0 Å². The van der Waals surface area contributed by atoms with Crippen molar-refractivity contribution in [1.29, 1.82) is 0 Å². The monoisotopic (exact) mass is 384 g/mol. The van der Waals surface area contributed by atoms with Crippen molar-refractivity contribution in [3.8, 4) is 5.75 Å². The summed E-state index contributed by atoms with van der Waals surface area (Å²) in [4.78, 5) is 13.2. The topological polar surface area (TPSA) is 82.0 Å². The van der Waals surface area contributed by atoms with E-state index in [4.69, 9.17) is 4.74 Å². The van der Waals surface area contributed by atoms with E-state index >= 15 is 0 Å². The Morgan fingerprint density at radius 3 is 2.39 bits per heavy atom. The Balaban J connectivity index is 1.42. The zero-order chi connectivity index (χ0) is 20.0. The Labute approximate surface area is 165 Å². The van der Waals surface area contributed by atoms with Gasteiger partial charge >= 0.3 is 0 Å². The number of likely N-dealkylation sites (tertiary alicyclic amines) is 1. The van der Waals surface area contributed by atoms with Gasteiger partial charge in [0.2, 0.25) is 5.91 Å². The zero-order valence-corrected chi connectivity index (χ0v) is 16.2. The van der Waals surface area contributed by atoms with Crippen LogP contribution in [0.5, 0.6) is 5.75 Å². The number of carbonyl (C=O) groups is 1. The van der Waals surface area contributed by atoms with Gasteiger partial charge in [-0.2, -0.15) is 0 Å². The summed E-state index contributed by atoms with van der Waals surface area (Å²) >= 11 is 0. The highest BCUT2D eigenvalue weighted by molar-refractivity contribution is 5.88. The van der Waals surface area contributed by atoms with Crippen molar-refractivity contribution in [2.24, 2.45) is 0 Å². The Bertz CT molecular complexity index is 756. The highest BCUT2D eigenvalue weighted by Crippen LogP contribution is 2.32. The molecule has 3 N–H and O–H groups in total. The van der Waals surface area contributed by atoms with Crippen LogP contribution in [0.15, 0.2) is 54.6 Å². The Kier molecular flexibility index (Phi) is 6.67. The minimum atomic E-state index is -0.783. The molecule has 0 bridgehead atoms. The van der Waals surface area contributed by atoms with Gasteiger partial charge in [-0.05, 0) is 42.7 Å². The number of aliphatic hydroxyl groups excluding tert-OH is 1. The van der Waals surface area contributed by atoms with Crippen LogP contribution in [0.1, 0.15) is 25.3 Å². The van der Waals surface area contributed by atoms with E-state index in [0.717, 1.165) is 18.7 Å². The number of benzene rings is 2. The van der Waals surface area contributed by atoms with Crippen molar-refractivity contribution < 1.29 is 19.7 Å². The molecule has 28 heavy (non-hydrogen) atoms. The first-order valence-electron chi connectivity index (χ1n) is 9.63. The summed E-state index contributed by atoms with van der Waals surface area (Å²) in [5.74, 6) is 0.523. The average Bonchev–Trinajstić information content (AvgIpc) is 2.70. The molecule has 1 fully saturated rings. The van der Waals surface area contributed by atoms with E-state index < -0.39 is 11.7 Å². The van der Waals surface area contributed by atoms with Crippen molar-refractivity contribution in [3.63, 3.8) is 0 Å². The number of rotatable bonds is 7. The molecule has 1 atom stereocenters. The molecule has 0 radical (unpaired) electrons. The van der Waals surface area contributed by atoms with Crippen LogP contribution in [-0.4, -0.2) is 53.4 Å². The van der Waals surface area contributed by atoms with Gasteiger partial charge < -0.3 is 25.2 Å². The van der Waals surface area contributed by atoms with Gasteiger partial charge in [0.25, 0.3) is 0 Å².